The zero-order chi connectivity index (χ0) is 27.8. The molecular weight excluding hydrogens is 486 g/mol. The van der Waals surface area contributed by atoms with E-state index < -0.39 is 0 Å². The second kappa shape index (κ2) is 18.0. The molecule has 1 aromatic carbocycles. The van der Waals surface area contributed by atoms with Gasteiger partial charge in [-0.1, -0.05) is 48.9 Å². The van der Waals surface area contributed by atoms with E-state index in [1.54, 1.807) is 17.8 Å². The highest BCUT2D eigenvalue weighted by Crippen LogP contribution is 2.26. The molecule has 1 aliphatic rings. The molecule has 1 fully saturated rings. The number of nitrogens with one attached hydrogen (secondary N) is 1. The molecule has 2 N–H and O–H groups in total. The predicted molar refractivity (Wildman–Crippen MR) is 169 cm³/mol. The molecule has 208 valence electrons. The Bertz CT molecular complexity index is 999. The predicted octanol–water partition coefficient (Wildman–Crippen LogP) is 7.79. The summed E-state index contributed by atoms with van der Waals surface area (Å²) in [5.41, 5.74) is 7.09. The van der Waals surface area contributed by atoms with Crippen molar-refractivity contribution < 1.29 is 5.11 Å². The van der Waals surface area contributed by atoms with Crippen LogP contribution in [0.2, 0.25) is 0 Å². The Labute approximate surface area is 236 Å². The fourth-order valence-corrected chi connectivity index (χ4v) is 5.69. The van der Waals surface area contributed by atoms with Crippen LogP contribution in [0.25, 0.3) is 0 Å². The molecular formula is C33H49N3OS. The Morgan fingerprint density at radius 1 is 1.29 bits per heavy atom. The summed E-state index contributed by atoms with van der Waals surface area (Å²) in [5.74, 6) is 2.38. The van der Waals surface area contributed by atoms with Crippen molar-refractivity contribution in [3.63, 3.8) is 0 Å². The normalized spacial score (nSPS) is 17.2. The maximum absolute atomic E-state index is 9.09. The highest BCUT2D eigenvalue weighted by molar-refractivity contribution is 8.02. The summed E-state index contributed by atoms with van der Waals surface area (Å²) in [4.78, 5) is 7.01. The third-order valence-electron chi connectivity index (χ3n) is 7.32. The second-order valence-electron chi connectivity index (χ2n) is 10.5. The molecule has 1 unspecified atom stereocenters. The lowest BCUT2D eigenvalue weighted by atomic mass is 9.95. The Balaban J connectivity index is 2.17. The molecule has 5 heteroatoms. The van der Waals surface area contributed by atoms with Gasteiger partial charge in [0.25, 0.3) is 0 Å². The van der Waals surface area contributed by atoms with Crippen LogP contribution in [0.4, 0.5) is 0 Å². The van der Waals surface area contributed by atoms with Gasteiger partial charge in [-0.15, -0.1) is 18.3 Å². The van der Waals surface area contributed by atoms with E-state index in [9.17, 15) is 0 Å². The third kappa shape index (κ3) is 11.6. The number of likely N-dealkylation sites (tertiary alicyclic amines) is 1. The number of aliphatic hydroxyl groups is 1. The number of piperidine rings is 1. The molecule has 38 heavy (non-hydrogen) atoms. The van der Waals surface area contributed by atoms with Gasteiger partial charge in [0.15, 0.2) is 0 Å². The zero-order valence-electron chi connectivity index (χ0n) is 24.1. The van der Waals surface area contributed by atoms with Gasteiger partial charge in [0.1, 0.15) is 0 Å². The molecule has 0 aromatic heterocycles. The van der Waals surface area contributed by atoms with E-state index in [1.165, 1.54) is 42.6 Å². The molecule has 1 heterocycles. The van der Waals surface area contributed by atoms with Crippen LogP contribution in [0.15, 0.2) is 82.6 Å². The molecule has 0 saturated carbocycles. The Hall–Kier alpha value is -2.34. The quantitative estimate of drug-likeness (QED) is 0.0746. The van der Waals surface area contributed by atoms with Crippen molar-refractivity contribution in [1.29, 1.82) is 0 Å². The van der Waals surface area contributed by atoms with Gasteiger partial charge in [-0.3, -0.25) is 9.89 Å². The van der Waals surface area contributed by atoms with Crippen LogP contribution < -0.4 is 5.32 Å². The highest BCUT2D eigenvalue weighted by Gasteiger charge is 2.16. The molecule has 1 aliphatic heterocycles. The van der Waals surface area contributed by atoms with Crippen LogP contribution in [0.1, 0.15) is 56.2 Å². The molecule has 0 bridgehead atoms. The van der Waals surface area contributed by atoms with Crippen LogP contribution >= 0.6 is 11.8 Å². The first-order chi connectivity index (χ1) is 18.4. The smallest absolute Gasteiger partial charge is 0.0791 e. The summed E-state index contributed by atoms with van der Waals surface area (Å²) in [6.07, 6.45) is 14.4. The van der Waals surface area contributed by atoms with E-state index in [-0.39, 0.29) is 0 Å². The van der Waals surface area contributed by atoms with E-state index >= 15 is 0 Å². The molecule has 1 aromatic rings. The van der Waals surface area contributed by atoms with E-state index in [1.807, 2.05) is 20.0 Å². The lowest BCUT2D eigenvalue weighted by Crippen LogP contribution is -2.32. The molecule has 0 aliphatic carbocycles. The number of allylic oxidation sites excluding steroid dienone is 6. The number of hydrogen-bond acceptors (Lipinski definition) is 5. The minimum absolute atomic E-state index is 0.517. The average Bonchev–Trinajstić information content (AvgIpc) is 2.91. The standard InChI is InChI=1S/C33H49N3OS/c1-7-29(12-16-34-5)15-20-38-25-33(35-6)32(21-27(3)9-8-19-37)23-31-11-10-30(22-28(31)4)24-36-17-13-26(2)14-18-36/h7-11,19,21-22,25-26,29,34,37H,1,6,12-18,20,23-24H2,2-5H3/b19-8+,27-9-,32-21+,33-25-. The van der Waals surface area contributed by atoms with E-state index in [2.05, 4.69) is 78.1 Å². The second-order valence-corrected chi connectivity index (χ2v) is 11.5. The number of benzene rings is 1. The fraction of sp³-hybridized carbons (Fsp3) is 0.485. The number of aryl methyl sites for hydroxylation is 1. The monoisotopic (exact) mass is 535 g/mol. The first-order valence-corrected chi connectivity index (χ1v) is 15.0. The van der Waals surface area contributed by atoms with Gasteiger partial charge in [0.05, 0.1) is 12.0 Å². The van der Waals surface area contributed by atoms with Crippen molar-refractivity contribution in [2.45, 2.75) is 59.4 Å². The Morgan fingerprint density at radius 2 is 2.05 bits per heavy atom. The average molecular weight is 536 g/mol. The van der Waals surface area contributed by atoms with E-state index in [0.29, 0.717) is 5.92 Å². The third-order valence-corrected chi connectivity index (χ3v) is 8.18. The first kappa shape index (κ1) is 31.9. The van der Waals surface area contributed by atoms with Crippen LogP contribution in [-0.2, 0) is 13.0 Å². The minimum atomic E-state index is 0.517. The maximum Gasteiger partial charge on any atom is 0.0791 e. The number of aliphatic imine (C=N–C) groups is 1. The topological polar surface area (TPSA) is 47.9 Å². The number of nitrogens with zero attached hydrogens (tertiary/aromatic N) is 2. The van der Waals surface area contributed by atoms with Gasteiger partial charge in [-0.25, -0.2) is 0 Å². The largest absolute Gasteiger partial charge is 0.516 e. The number of rotatable bonds is 16. The minimum Gasteiger partial charge on any atom is -0.516 e. The molecule has 4 nitrogen and oxygen atoms in total. The number of hydrogen-bond donors (Lipinski definition) is 2. The molecule has 0 spiro atoms. The molecule has 0 amide bonds. The van der Waals surface area contributed by atoms with Gasteiger partial charge in [-0.2, -0.15) is 0 Å². The van der Waals surface area contributed by atoms with Crippen LogP contribution in [0.5, 0.6) is 0 Å². The van der Waals surface area contributed by atoms with Gasteiger partial charge in [-0.05, 0) is 131 Å². The van der Waals surface area contributed by atoms with Gasteiger partial charge < -0.3 is 10.4 Å². The summed E-state index contributed by atoms with van der Waals surface area (Å²) in [5, 5.41) is 14.5. The summed E-state index contributed by atoms with van der Waals surface area (Å²) in [6.45, 7) is 18.9. The van der Waals surface area contributed by atoms with Crippen molar-refractivity contribution in [2.75, 3.05) is 32.4 Å². The Kier molecular flexibility index (Phi) is 15.1. The summed E-state index contributed by atoms with van der Waals surface area (Å²) in [6, 6.07) is 6.92. The fourth-order valence-electron chi connectivity index (χ4n) is 4.75. The van der Waals surface area contributed by atoms with Gasteiger partial charge >= 0.3 is 0 Å². The van der Waals surface area contributed by atoms with Crippen molar-refractivity contribution in [3.05, 3.63) is 94.3 Å². The molecule has 2 rings (SSSR count). The van der Waals surface area contributed by atoms with Crippen LogP contribution in [-0.4, -0.2) is 49.2 Å². The number of aliphatic hydroxyl groups excluding tert-OH is 1. The van der Waals surface area contributed by atoms with Crippen LogP contribution in [0, 0.1) is 18.8 Å². The van der Waals surface area contributed by atoms with E-state index in [0.717, 1.165) is 67.1 Å². The van der Waals surface area contributed by atoms with E-state index in [4.69, 9.17) is 5.11 Å². The van der Waals surface area contributed by atoms with Crippen molar-refractivity contribution in [1.82, 2.24) is 10.2 Å². The summed E-state index contributed by atoms with van der Waals surface area (Å²) >= 11 is 1.79. The van der Waals surface area contributed by atoms with Crippen molar-refractivity contribution in [2.24, 2.45) is 16.8 Å². The SMILES string of the molecule is C=CC(CCNC)CCS/C=C(N=C)/C(=C/C(C)=C\C=C\O)Cc1ccc(CN2CCC(C)CC2)cc1C. The van der Waals surface area contributed by atoms with Gasteiger partial charge in [0, 0.05) is 6.54 Å². The summed E-state index contributed by atoms with van der Waals surface area (Å²) in [7, 11) is 1.99. The van der Waals surface area contributed by atoms with Crippen LogP contribution in [0.3, 0.4) is 0 Å². The lowest BCUT2D eigenvalue weighted by molar-refractivity contribution is 0.185. The van der Waals surface area contributed by atoms with Crippen molar-refractivity contribution in [3.8, 4) is 0 Å². The Morgan fingerprint density at radius 3 is 2.68 bits per heavy atom. The van der Waals surface area contributed by atoms with Gasteiger partial charge in [0.2, 0.25) is 0 Å². The van der Waals surface area contributed by atoms with Crippen molar-refractivity contribution >= 4 is 18.5 Å². The first-order valence-electron chi connectivity index (χ1n) is 13.9. The number of thioether (sulfide) groups is 1. The molecule has 1 atom stereocenters. The highest BCUT2D eigenvalue weighted by atomic mass is 32.2. The maximum atomic E-state index is 9.09. The zero-order valence-corrected chi connectivity index (χ0v) is 24.9. The molecule has 1 saturated heterocycles. The summed E-state index contributed by atoms with van der Waals surface area (Å²) < 4.78 is 0. The molecule has 0 radical (unpaired) electrons. The lowest BCUT2D eigenvalue weighted by Gasteiger charge is -2.30.